The Balaban J connectivity index is 0.00000312. The van der Waals surface area contributed by atoms with Crippen LogP contribution in [0.4, 0.5) is 0 Å². The summed E-state index contributed by atoms with van der Waals surface area (Å²) in [4.78, 5) is 6.79. The van der Waals surface area contributed by atoms with Crippen LogP contribution < -0.4 is 5.32 Å². The highest BCUT2D eigenvalue weighted by atomic mass is 127. The highest BCUT2D eigenvalue weighted by molar-refractivity contribution is 14.0. The molecule has 25 heavy (non-hydrogen) atoms. The number of hydrogen-bond donors (Lipinski definition) is 1. The van der Waals surface area contributed by atoms with Gasteiger partial charge in [-0.3, -0.25) is 4.99 Å². The number of rotatable bonds is 5. The molecule has 0 bridgehead atoms. The number of likely N-dealkylation sites (tertiary alicyclic amines) is 1. The second-order valence-corrected chi connectivity index (χ2v) is 7.37. The van der Waals surface area contributed by atoms with Crippen LogP contribution in [0.1, 0.15) is 39.2 Å². The predicted molar refractivity (Wildman–Crippen MR) is 117 cm³/mol. The Kier molecular flexibility index (Phi) is 9.52. The molecule has 1 aromatic carbocycles. The fraction of sp³-hybridized carbons (Fsp3) is 0.632. The molecule has 142 valence electrons. The number of benzene rings is 1. The molecule has 0 atom stereocenters. The first-order chi connectivity index (χ1) is 11.5. The zero-order chi connectivity index (χ0) is 17.6. The summed E-state index contributed by atoms with van der Waals surface area (Å²) in [5, 5.41) is 4.32. The maximum absolute atomic E-state index is 6.00. The maximum atomic E-state index is 6.00. The summed E-state index contributed by atoms with van der Waals surface area (Å²) in [5.74, 6) is 0.979. The molecule has 0 saturated carbocycles. The van der Waals surface area contributed by atoms with E-state index in [4.69, 9.17) is 16.3 Å². The molecular weight excluding hydrogens is 449 g/mol. The number of halogens is 2. The van der Waals surface area contributed by atoms with Crippen LogP contribution in [-0.4, -0.2) is 50.3 Å². The number of nitrogens with one attached hydrogen (secondary N) is 1. The van der Waals surface area contributed by atoms with Crippen molar-refractivity contribution in [3.8, 4) is 0 Å². The lowest BCUT2D eigenvalue weighted by Gasteiger charge is -2.35. The van der Waals surface area contributed by atoms with E-state index >= 15 is 0 Å². The van der Waals surface area contributed by atoms with Crippen molar-refractivity contribution in [2.75, 3.05) is 33.3 Å². The van der Waals surface area contributed by atoms with Crippen molar-refractivity contribution in [1.29, 1.82) is 0 Å². The van der Waals surface area contributed by atoms with Crippen LogP contribution in [0, 0.1) is 0 Å². The minimum Gasteiger partial charge on any atom is -0.378 e. The molecule has 1 N–H and O–H groups in total. The number of nitrogens with zero attached hydrogens (tertiary/aromatic N) is 2. The van der Waals surface area contributed by atoms with Crippen molar-refractivity contribution < 1.29 is 4.74 Å². The van der Waals surface area contributed by atoms with Gasteiger partial charge < -0.3 is 15.0 Å². The molecular formula is C19H31ClIN3O. The van der Waals surface area contributed by atoms with E-state index in [1.54, 1.807) is 0 Å². The fourth-order valence-corrected chi connectivity index (χ4v) is 3.23. The van der Waals surface area contributed by atoms with Crippen molar-refractivity contribution >= 4 is 41.5 Å². The number of hydrogen-bond acceptors (Lipinski definition) is 2. The lowest BCUT2D eigenvalue weighted by Crippen LogP contribution is -2.49. The van der Waals surface area contributed by atoms with Gasteiger partial charge in [0.05, 0.1) is 6.10 Å². The van der Waals surface area contributed by atoms with Gasteiger partial charge in [-0.05, 0) is 37.5 Å². The third kappa shape index (κ3) is 6.61. The van der Waals surface area contributed by atoms with E-state index in [-0.39, 0.29) is 29.4 Å². The minimum absolute atomic E-state index is 0. The molecule has 4 nitrogen and oxygen atoms in total. The van der Waals surface area contributed by atoms with E-state index in [2.05, 4.69) is 48.1 Å². The van der Waals surface area contributed by atoms with Crippen molar-refractivity contribution in [1.82, 2.24) is 10.2 Å². The van der Waals surface area contributed by atoms with Crippen molar-refractivity contribution in [3.05, 3.63) is 34.9 Å². The van der Waals surface area contributed by atoms with E-state index < -0.39 is 0 Å². The first kappa shape index (κ1) is 22.5. The Morgan fingerprint density at radius 2 is 1.88 bits per heavy atom. The lowest BCUT2D eigenvalue weighted by molar-refractivity contribution is 0.0263. The Labute approximate surface area is 174 Å². The Bertz CT molecular complexity index is 540. The molecule has 1 heterocycles. The van der Waals surface area contributed by atoms with Crippen LogP contribution >= 0.6 is 35.6 Å². The van der Waals surface area contributed by atoms with Crippen LogP contribution in [0.5, 0.6) is 0 Å². The number of ether oxygens (including phenoxy) is 1. The molecule has 0 aliphatic carbocycles. The Morgan fingerprint density at radius 1 is 1.28 bits per heavy atom. The molecule has 1 saturated heterocycles. The zero-order valence-electron chi connectivity index (χ0n) is 15.7. The average Bonchev–Trinajstić information content (AvgIpc) is 2.57. The minimum atomic E-state index is 0. The highest BCUT2D eigenvalue weighted by Gasteiger charge is 2.25. The largest absolute Gasteiger partial charge is 0.378 e. The molecule has 2 rings (SSSR count). The van der Waals surface area contributed by atoms with Crippen molar-refractivity contribution in [2.24, 2.45) is 4.99 Å². The SMILES string of the molecule is CCOC1CCN(C(=NC)NCC(C)(C)c2ccc(Cl)cc2)CC1.I. The maximum Gasteiger partial charge on any atom is 0.193 e. The molecule has 0 spiro atoms. The molecule has 0 aromatic heterocycles. The normalized spacial score (nSPS) is 16.5. The van der Waals surface area contributed by atoms with Crippen LogP contribution in [0.2, 0.25) is 5.02 Å². The van der Waals surface area contributed by atoms with E-state index in [9.17, 15) is 0 Å². The summed E-state index contributed by atoms with van der Waals surface area (Å²) in [7, 11) is 1.85. The highest BCUT2D eigenvalue weighted by Crippen LogP contribution is 2.24. The third-order valence-electron chi connectivity index (χ3n) is 4.67. The molecule has 0 unspecified atom stereocenters. The summed E-state index contributed by atoms with van der Waals surface area (Å²) >= 11 is 6.00. The van der Waals surface area contributed by atoms with E-state index in [0.717, 1.165) is 50.1 Å². The van der Waals surface area contributed by atoms with E-state index in [1.807, 2.05) is 19.2 Å². The average molecular weight is 480 g/mol. The summed E-state index contributed by atoms with van der Waals surface area (Å²) in [6.07, 6.45) is 2.53. The van der Waals surface area contributed by atoms with Gasteiger partial charge in [0.2, 0.25) is 0 Å². The van der Waals surface area contributed by atoms with Gasteiger partial charge in [0.1, 0.15) is 0 Å². The quantitative estimate of drug-likeness (QED) is 0.388. The monoisotopic (exact) mass is 479 g/mol. The molecule has 1 aliphatic rings. The standard InChI is InChI=1S/C19H30ClN3O.HI/c1-5-24-17-10-12-23(13-11-17)18(21-4)22-14-19(2,3)15-6-8-16(20)9-7-15;/h6-9,17H,5,10-14H2,1-4H3,(H,21,22);1H. The molecule has 6 heteroatoms. The fourth-order valence-electron chi connectivity index (χ4n) is 3.11. The summed E-state index contributed by atoms with van der Waals surface area (Å²) < 4.78 is 5.73. The second kappa shape index (κ2) is 10.6. The smallest absolute Gasteiger partial charge is 0.193 e. The van der Waals surface area contributed by atoms with Gasteiger partial charge >= 0.3 is 0 Å². The molecule has 1 aromatic rings. The lowest BCUT2D eigenvalue weighted by atomic mass is 9.84. The number of guanidine groups is 1. The number of piperidine rings is 1. The van der Waals surface area contributed by atoms with Crippen LogP contribution in [0.25, 0.3) is 0 Å². The Morgan fingerprint density at radius 3 is 2.40 bits per heavy atom. The van der Waals surface area contributed by atoms with Gasteiger partial charge in [0.15, 0.2) is 5.96 Å². The van der Waals surface area contributed by atoms with Crippen molar-refractivity contribution in [3.63, 3.8) is 0 Å². The second-order valence-electron chi connectivity index (χ2n) is 6.93. The molecule has 0 amide bonds. The van der Waals surface area contributed by atoms with Gasteiger partial charge in [-0.15, -0.1) is 24.0 Å². The zero-order valence-corrected chi connectivity index (χ0v) is 18.8. The number of aliphatic imine (C=N–C) groups is 1. The first-order valence-electron chi connectivity index (χ1n) is 8.79. The van der Waals surface area contributed by atoms with Gasteiger partial charge in [0.25, 0.3) is 0 Å². The molecule has 1 fully saturated rings. The Hall–Kier alpha value is -0.530. The van der Waals surface area contributed by atoms with Crippen molar-refractivity contribution in [2.45, 2.75) is 45.1 Å². The topological polar surface area (TPSA) is 36.9 Å². The predicted octanol–water partition coefficient (Wildman–Crippen LogP) is 4.31. The first-order valence-corrected chi connectivity index (χ1v) is 9.17. The summed E-state index contributed by atoms with van der Waals surface area (Å²) in [5.41, 5.74) is 1.27. The van der Waals surface area contributed by atoms with Crippen LogP contribution in [0.15, 0.2) is 29.3 Å². The van der Waals surface area contributed by atoms with E-state index in [1.165, 1.54) is 5.56 Å². The third-order valence-corrected chi connectivity index (χ3v) is 4.92. The molecule has 1 aliphatic heterocycles. The van der Waals surface area contributed by atoms with Crippen LogP contribution in [0.3, 0.4) is 0 Å². The van der Waals surface area contributed by atoms with Gasteiger partial charge in [-0.2, -0.15) is 0 Å². The van der Waals surface area contributed by atoms with Gasteiger partial charge in [0, 0.05) is 43.7 Å². The molecule has 0 radical (unpaired) electrons. The summed E-state index contributed by atoms with van der Waals surface area (Å²) in [6, 6.07) is 8.10. The van der Waals surface area contributed by atoms with Gasteiger partial charge in [-0.25, -0.2) is 0 Å². The van der Waals surface area contributed by atoms with Gasteiger partial charge in [-0.1, -0.05) is 37.6 Å². The van der Waals surface area contributed by atoms with Crippen LogP contribution in [-0.2, 0) is 10.2 Å². The summed E-state index contributed by atoms with van der Waals surface area (Å²) in [6.45, 7) is 10.1. The van der Waals surface area contributed by atoms with E-state index in [0.29, 0.717) is 6.10 Å².